The smallest absolute Gasteiger partial charge is 0.250 e. The molecule has 2 rings (SSSR count). The third-order valence-corrected chi connectivity index (χ3v) is 5.61. The lowest BCUT2D eigenvalue weighted by atomic mass is 10.2. The number of pyridine rings is 1. The Bertz CT molecular complexity index is 685. The number of sulfonamides is 1. The molecule has 0 aliphatic rings. The average Bonchev–Trinajstić information content (AvgIpc) is 3.00. The minimum absolute atomic E-state index is 0.189. The quantitative estimate of drug-likeness (QED) is 0.833. The Morgan fingerprint density at radius 3 is 2.81 bits per heavy atom. The molecule has 6 nitrogen and oxygen atoms in total. The van der Waals surface area contributed by atoms with Crippen molar-refractivity contribution in [3.63, 3.8) is 0 Å². The van der Waals surface area contributed by atoms with Crippen LogP contribution in [0.3, 0.4) is 0 Å². The van der Waals surface area contributed by atoms with E-state index in [4.69, 9.17) is 0 Å². The van der Waals surface area contributed by atoms with Gasteiger partial charge >= 0.3 is 0 Å². The Hall–Kier alpha value is -1.77. The molecule has 2 N–H and O–H groups in total. The average molecular weight is 325 g/mol. The van der Waals surface area contributed by atoms with Gasteiger partial charge in [-0.25, -0.2) is 8.42 Å². The Morgan fingerprint density at radius 2 is 2.19 bits per heavy atom. The number of hydrogen-bond donors (Lipinski definition) is 2. The molecule has 2 aromatic rings. The second-order valence-corrected chi connectivity index (χ2v) is 7.24. The molecule has 0 aliphatic heterocycles. The predicted octanol–water partition coefficient (Wildman–Crippen LogP) is 1.13. The van der Waals surface area contributed by atoms with Crippen LogP contribution < -0.4 is 10.0 Å². The van der Waals surface area contributed by atoms with Gasteiger partial charge in [0.1, 0.15) is 4.21 Å². The second kappa shape index (κ2) is 6.79. The highest BCUT2D eigenvalue weighted by Crippen LogP contribution is 2.15. The molecule has 0 unspecified atom stereocenters. The Morgan fingerprint density at radius 1 is 1.38 bits per heavy atom. The summed E-state index contributed by atoms with van der Waals surface area (Å²) in [4.78, 5) is 15.8. The maximum Gasteiger partial charge on any atom is 0.250 e. The fraction of sp³-hybridized carbons (Fsp3) is 0.231. The molecule has 0 radical (unpaired) electrons. The molecule has 0 saturated heterocycles. The van der Waals surface area contributed by atoms with E-state index in [1.165, 1.54) is 13.0 Å². The van der Waals surface area contributed by atoms with Gasteiger partial charge < -0.3 is 5.32 Å². The highest BCUT2D eigenvalue weighted by molar-refractivity contribution is 7.91. The highest BCUT2D eigenvalue weighted by atomic mass is 32.2. The van der Waals surface area contributed by atoms with Crippen molar-refractivity contribution in [2.75, 3.05) is 0 Å². The molecule has 2 aromatic heterocycles. The number of nitrogens with one attached hydrogen (secondary N) is 2. The number of carbonyl (C=O) groups excluding carboxylic acids is 1. The molecule has 0 aliphatic carbocycles. The lowest BCUT2D eigenvalue weighted by Gasteiger charge is -2.13. The summed E-state index contributed by atoms with van der Waals surface area (Å²) in [6.07, 6.45) is 3.28. The van der Waals surface area contributed by atoms with Gasteiger partial charge in [0.05, 0.1) is 6.04 Å². The van der Waals surface area contributed by atoms with E-state index in [9.17, 15) is 13.2 Å². The van der Waals surface area contributed by atoms with E-state index in [1.807, 2.05) is 6.07 Å². The van der Waals surface area contributed by atoms with Gasteiger partial charge in [-0.05, 0) is 30.0 Å². The van der Waals surface area contributed by atoms with E-state index < -0.39 is 16.1 Å². The van der Waals surface area contributed by atoms with Crippen molar-refractivity contribution in [2.24, 2.45) is 0 Å². The molecule has 112 valence electrons. The first-order chi connectivity index (χ1) is 9.99. The third kappa shape index (κ3) is 4.35. The van der Waals surface area contributed by atoms with Crippen LogP contribution in [0.5, 0.6) is 0 Å². The molecular weight excluding hydrogens is 310 g/mol. The number of nitrogens with zero attached hydrogens (tertiary/aromatic N) is 1. The van der Waals surface area contributed by atoms with Crippen LogP contribution in [0.1, 0.15) is 12.5 Å². The topological polar surface area (TPSA) is 88.2 Å². The lowest BCUT2D eigenvalue weighted by Crippen LogP contribution is -2.44. The fourth-order valence-electron chi connectivity index (χ4n) is 1.61. The molecule has 0 bridgehead atoms. The van der Waals surface area contributed by atoms with Crippen LogP contribution >= 0.6 is 11.3 Å². The van der Waals surface area contributed by atoms with Crippen molar-refractivity contribution in [3.8, 4) is 0 Å². The van der Waals surface area contributed by atoms with Gasteiger partial charge in [0.2, 0.25) is 5.91 Å². The van der Waals surface area contributed by atoms with Crippen molar-refractivity contribution in [2.45, 2.75) is 23.7 Å². The van der Waals surface area contributed by atoms with Gasteiger partial charge in [0, 0.05) is 18.9 Å². The summed E-state index contributed by atoms with van der Waals surface area (Å²) in [5.41, 5.74) is 0.846. The van der Waals surface area contributed by atoms with Crippen LogP contribution in [0, 0.1) is 0 Å². The number of thiophene rings is 1. The number of hydrogen-bond acceptors (Lipinski definition) is 5. The normalized spacial score (nSPS) is 12.8. The Labute approximate surface area is 127 Å². The summed E-state index contributed by atoms with van der Waals surface area (Å²) in [6, 6.07) is 5.88. The zero-order valence-electron chi connectivity index (χ0n) is 11.3. The standard InChI is InChI=1S/C13H15N3O3S2/c1-10(16-21(18,19)12-5-3-7-20-12)13(17)15-9-11-4-2-6-14-8-11/h2-8,10,16H,9H2,1H3,(H,15,17)/t10-/m0/s1. The van der Waals surface area contributed by atoms with E-state index in [-0.39, 0.29) is 10.1 Å². The SMILES string of the molecule is C[C@H](NS(=O)(=O)c1cccs1)C(=O)NCc1cccnc1. The van der Waals surface area contributed by atoms with Crippen molar-refractivity contribution < 1.29 is 13.2 Å². The van der Waals surface area contributed by atoms with Crippen molar-refractivity contribution in [1.82, 2.24) is 15.0 Å². The first-order valence-electron chi connectivity index (χ1n) is 6.21. The molecule has 0 spiro atoms. The van der Waals surface area contributed by atoms with Crippen molar-refractivity contribution in [1.29, 1.82) is 0 Å². The van der Waals surface area contributed by atoms with Crippen LogP contribution in [-0.2, 0) is 21.4 Å². The molecule has 0 fully saturated rings. The van der Waals surface area contributed by atoms with E-state index >= 15 is 0 Å². The van der Waals surface area contributed by atoms with Gasteiger partial charge in [0.25, 0.3) is 10.0 Å². The van der Waals surface area contributed by atoms with Crippen molar-refractivity contribution >= 4 is 27.3 Å². The molecule has 1 amide bonds. The van der Waals surface area contributed by atoms with Crippen molar-refractivity contribution in [3.05, 3.63) is 47.6 Å². The zero-order valence-corrected chi connectivity index (χ0v) is 12.9. The predicted molar refractivity (Wildman–Crippen MR) is 80.2 cm³/mol. The van der Waals surface area contributed by atoms with Gasteiger partial charge in [0.15, 0.2) is 0 Å². The maximum absolute atomic E-state index is 12.0. The van der Waals surface area contributed by atoms with Crippen LogP contribution in [0.25, 0.3) is 0 Å². The van der Waals surface area contributed by atoms with E-state index in [2.05, 4.69) is 15.0 Å². The van der Waals surface area contributed by atoms with Crippen LogP contribution in [0.15, 0.2) is 46.2 Å². The molecular formula is C13H15N3O3S2. The van der Waals surface area contributed by atoms with E-state index in [0.29, 0.717) is 6.54 Å². The third-order valence-electron chi connectivity index (χ3n) is 2.67. The summed E-state index contributed by atoms with van der Waals surface area (Å²) in [6.45, 7) is 1.81. The first-order valence-corrected chi connectivity index (χ1v) is 8.58. The molecule has 8 heteroatoms. The second-order valence-electron chi connectivity index (χ2n) is 4.35. The van der Waals surface area contributed by atoms with Crippen LogP contribution in [0.2, 0.25) is 0 Å². The van der Waals surface area contributed by atoms with Gasteiger partial charge in [-0.15, -0.1) is 11.3 Å². The summed E-state index contributed by atoms with van der Waals surface area (Å²) in [5.74, 6) is -0.390. The summed E-state index contributed by atoms with van der Waals surface area (Å²) in [7, 11) is -3.65. The largest absolute Gasteiger partial charge is 0.351 e. The minimum atomic E-state index is -3.65. The molecule has 2 heterocycles. The fourth-order valence-corrected chi connectivity index (χ4v) is 3.82. The first kappa shape index (κ1) is 15.6. The lowest BCUT2D eigenvalue weighted by molar-refractivity contribution is -0.122. The van der Waals surface area contributed by atoms with E-state index in [0.717, 1.165) is 16.9 Å². The number of carbonyl (C=O) groups is 1. The molecule has 0 aromatic carbocycles. The van der Waals surface area contributed by atoms with Gasteiger partial charge in [-0.2, -0.15) is 4.72 Å². The van der Waals surface area contributed by atoms with Gasteiger partial charge in [-0.3, -0.25) is 9.78 Å². The van der Waals surface area contributed by atoms with Crippen LogP contribution in [-0.4, -0.2) is 25.4 Å². The minimum Gasteiger partial charge on any atom is -0.351 e. The number of amides is 1. The molecule has 21 heavy (non-hydrogen) atoms. The maximum atomic E-state index is 12.0. The van der Waals surface area contributed by atoms with Gasteiger partial charge in [-0.1, -0.05) is 12.1 Å². The molecule has 1 atom stereocenters. The zero-order chi connectivity index (χ0) is 15.3. The van der Waals surface area contributed by atoms with Crippen LogP contribution in [0.4, 0.5) is 0 Å². The molecule has 0 saturated carbocycles. The van der Waals surface area contributed by atoms with E-state index in [1.54, 1.807) is 29.9 Å². The Balaban J connectivity index is 1.91. The summed E-state index contributed by atoms with van der Waals surface area (Å²) >= 11 is 1.10. The number of rotatable bonds is 6. The summed E-state index contributed by atoms with van der Waals surface area (Å²) < 4.78 is 26.5. The monoisotopic (exact) mass is 325 g/mol. The Kier molecular flexibility index (Phi) is 5.05. The summed E-state index contributed by atoms with van der Waals surface area (Å²) in [5, 5.41) is 4.33. The highest BCUT2D eigenvalue weighted by Gasteiger charge is 2.22. The number of aromatic nitrogens is 1.